The van der Waals surface area contributed by atoms with Crippen LogP contribution in [0.5, 0.6) is 0 Å². The highest BCUT2D eigenvalue weighted by Gasteiger charge is 2.36. The van der Waals surface area contributed by atoms with E-state index in [0.29, 0.717) is 73.9 Å². The van der Waals surface area contributed by atoms with Crippen molar-refractivity contribution in [2.24, 2.45) is 23.7 Å². The summed E-state index contributed by atoms with van der Waals surface area (Å²) in [4.78, 5) is 45.8. The Bertz CT molecular complexity index is 6890. The number of pyridine rings is 5. The summed E-state index contributed by atoms with van der Waals surface area (Å²) in [5.41, 5.74) is 25.5. The molecule has 0 aliphatic heterocycles. The lowest BCUT2D eigenvalue weighted by Gasteiger charge is -2.31. The number of ketones is 1. The molecule has 0 unspecified atom stereocenters. The molecule has 0 bridgehead atoms. The van der Waals surface area contributed by atoms with Gasteiger partial charge in [-0.3, -0.25) is 34.8 Å². The molecule has 3 aromatic carbocycles. The molecule has 13 aromatic heterocycles. The Morgan fingerprint density at radius 1 is 0.436 bits per heavy atom. The first-order chi connectivity index (χ1) is 63.8. The van der Waals surface area contributed by atoms with Gasteiger partial charge in [-0.1, -0.05) is 82.0 Å². The molecule has 133 heavy (non-hydrogen) atoms. The molecule has 2 N–H and O–H groups in total. The molecule has 16 aromatic rings. The third-order valence-corrected chi connectivity index (χ3v) is 27.7. The first-order valence-corrected chi connectivity index (χ1v) is 46.2. The van der Waals surface area contributed by atoms with Gasteiger partial charge in [0.15, 0.2) is 0 Å². The van der Waals surface area contributed by atoms with Crippen LogP contribution in [0.2, 0.25) is 0 Å². The molecule has 684 valence electrons. The number of halogens is 3. The van der Waals surface area contributed by atoms with Gasteiger partial charge >= 0.3 is 7.12 Å². The third-order valence-electron chi connectivity index (χ3n) is 27.7. The SMILES string of the molecule is CC(=O)Cc1ccc(-c2cn(CC3CCCC3)c3cc(-c4c(C)noc4C)cnc23)cc1.Cc1noc(C)c1-c1cnc2c(-c3ccc(B(O)O)cc3)cn(CC3CCC(C)(F)CC3)c2c1.Cc1noc(C)c1-c1cnc2c(-c3ccc(C#N)nc3)cn(CC3CCC(C)(F)CC3)c2c1.Cc1noc(C)c1-c1cnc2c(-c3ccc([N+](=O)[O-])cc3)cn(CC3CCC(C)(F)CC3)c2c1. The Kier molecular flexibility index (Phi) is 26.3. The van der Waals surface area contributed by atoms with E-state index in [4.69, 9.17) is 43.3 Å². The number of Topliss-reactive ketones (excluding diaryl/α,β-unsaturated/α-hetero) is 1. The molecule has 0 amide bonds. The minimum absolute atomic E-state index is 0.0534. The number of nitro groups is 1. The summed E-state index contributed by atoms with van der Waals surface area (Å²) in [6, 6.07) is 36.4. The smallest absolute Gasteiger partial charge is 0.423 e. The molecule has 4 fully saturated rings. The lowest BCUT2D eigenvalue weighted by atomic mass is 9.80. The van der Waals surface area contributed by atoms with Crippen molar-refractivity contribution in [3.05, 3.63) is 232 Å². The zero-order valence-corrected chi connectivity index (χ0v) is 77.4. The molecule has 0 atom stereocenters. The number of alkyl halides is 3. The van der Waals surface area contributed by atoms with Crippen LogP contribution in [-0.4, -0.2) is 109 Å². The van der Waals surface area contributed by atoms with E-state index >= 15 is 0 Å². The Labute approximate surface area is 770 Å². The molecular weight excluding hydrogens is 1680 g/mol. The maximum Gasteiger partial charge on any atom is 0.488 e. The molecular formula is C105H111BF3N15O9. The molecule has 20 rings (SSSR count). The number of aryl methyl sites for hydroxylation is 8. The van der Waals surface area contributed by atoms with Crippen LogP contribution in [0.1, 0.15) is 188 Å². The average Bonchev–Trinajstić information content (AvgIpc) is 1.63. The summed E-state index contributed by atoms with van der Waals surface area (Å²) in [6.45, 7) is 25.5. The van der Waals surface area contributed by atoms with Crippen LogP contribution in [-0.2, 0) is 37.4 Å². The molecule has 4 aliphatic carbocycles. The molecule has 0 radical (unpaired) electrons. The topological polar surface area (TPSA) is 313 Å². The predicted molar refractivity (Wildman–Crippen MR) is 510 cm³/mol. The van der Waals surface area contributed by atoms with Gasteiger partial charge in [0.25, 0.3) is 5.69 Å². The van der Waals surface area contributed by atoms with Gasteiger partial charge < -0.3 is 46.4 Å². The van der Waals surface area contributed by atoms with Crippen LogP contribution in [0, 0.1) is 101 Å². The van der Waals surface area contributed by atoms with E-state index in [1.165, 1.54) is 37.8 Å². The van der Waals surface area contributed by atoms with Gasteiger partial charge in [-0.15, -0.1) is 0 Å². The average molecular weight is 1790 g/mol. The second kappa shape index (κ2) is 38.1. The minimum Gasteiger partial charge on any atom is -0.423 e. The van der Waals surface area contributed by atoms with Crippen molar-refractivity contribution in [2.75, 3.05) is 0 Å². The van der Waals surface area contributed by atoms with Crippen molar-refractivity contribution in [1.82, 2.24) is 63.8 Å². The second-order valence-corrected chi connectivity index (χ2v) is 38.1. The van der Waals surface area contributed by atoms with Gasteiger partial charge in [-0.2, -0.15) is 5.26 Å². The number of hydrogen-bond donors (Lipinski definition) is 2. The van der Waals surface area contributed by atoms with Gasteiger partial charge in [0, 0.05) is 173 Å². The van der Waals surface area contributed by atoms with E-state index in [9.17, 15) is 38.1 Å². The number of aromatic nitrogens is 13. The highest BCUT2D eigenvalue weighted by atomic mass is 19.2. The summed E-state index contributed by atoms with van der Waals surface area (Å²) in [7, 11) is -1.50. The van der Waals surface area contributed by atoms with E-state index in [1.54, 1.807) is 64.2 Å². The summed E-state index contributed by atoms with van der Waals surface area (Å²) in [6.07, 6.45) is 32.2. The number of nitriles is 1. The third kappa shape index (κ3) is 20.1. The fraction of sp³-hybridized carbons (Fsp3) is 0.381. The summed E-state index contributed by atoms with van der Waals surface area (Å²) < 4.78 is 73.7. The quantitative estimate of drug-likeness (QED) is 0.0407. The van der Waals surface area contributed by atoms with Crippen molar-refractivity contribution < 1.29 is 51.0 Å². The molecule has 13 heterocycles. The number of rotatable bonds is 20. The maximum absolute atomic E-state index is 14.4. The Hall–Kier alpha value is -13.3. The van der Waals surface area contributed by atoms with Gasteiger partial charge in [0.05, 0.1) is 71.8 Å². The number of fused-ring (bicyclic) bond motifs is 4. The predicted octanol–water partition coefficient (Wildman–Crippen LogP) is 23.8. The minimum atomic E-state index is -1.50. The van der Waals surface area contributed by atoms with Gasteiger partial charge in [-0.05, 0) is 273 Å². The Morgan fingerprint density at radius 3 is 0.992 bits per heavy atom. The van der Waals surface area contributed by atoms with E-state index in [1.807, 2.05) is 98.4 Å². The number of hydrogen-bond acceptors (Lipinski definition) is 19. The number of carbonyl (C=O) groups excluding carboxylic acids is 1. The van der Waals surface area contributed by atoms with Crippen molar-refractivity contribution >= 4 is 68.2 Å². The first kappa shape index (κ1) is 91.6. The fourth-order valence-electron chi connectivity index (χ4n) is 20.2. The first-order valence-electron chi connectivity index (χ1n) is 46.2. The second-order valence-electron chi connectivity index (χ2n) is 38.1. The largest absolute Gasteiger partial charge is 0.488 e. The Balaban J connectivity index is 0.000000124. The molecule has 4 saturated carbocycles. The van der Waals surface area contributed by atoms with Crippen LogP contribution in [0.15, 0.2) is 183 Å². The summed E-state index contributed by atoms with van der Waals surface area (Å²) in [5, 5.41) is 55.5. The highest BCUT2D eigenvalue weighted by Crippen LogP contribution is 2.45. The van der Waals surface area contributed by atoms with Crippen LogP contribution in [0.25, 0.3) is 133 Å². The van der Waals surface area contributed by atoms with Gasteiger partial charge in [0.2, 0.25) is 0 Å². The van der Waals surface area contributed by atoms with E-state index in [-0.39, 0.29) is 11.5 Å². The maximum atomic E-state index is 14.4. The monoisotopic (exact) mass is 1790 g/mol. The van der Waals surface area contributed by atoms with Crippen LogP contribution in [0.3, 0.4) is 0 Å². The normalized spacial score (nSPS) is 19.2. The highest BCUT2D eigenvalue weighted by molar-refractivity contribution is 6.58. The van der Waals surface area contributed by atoms with Crippen molar-refractivity contribution in [1.29, 1.82) is 5.26 Å². The molecule has 28 heteroatoms. The molecule has 24 nitrogen and oxygen atoms in total. The van der Waals surface area contributed by atoms with Crippen LogP contribution in [0.4, 0.5) is 18.9 Å². The van der Waals surface area contributed by atoms with Crippen molar-refractivity contribution in [3.8, 4) is 95.1 Å². The number of carbonyl (C=O) groups is 1. The zero-order chi connectivity index (χ0) is 93.5. The lowest BCUT2D eigenvalue weighted by Crippen LogP contribution is -2.29. The Morgan fingerprint density at radius 2 is 0.722 bits per heavy atom. The van der Waals surface area contributed by atoms with E-state index in [0.717, 1.165) is 255 Å². The standard InChI is InChI=1S/C27H29N3O2.C26H29BFN3O3.C26H26FN5O.C26H27FN4O3/c1-17(31)12-20-8-10-22(11-9-20)24-16-30(15-21-6-4-5-7-21)25-13-23(14-28-27(24)25)26-18(2)29-32-19(26)3;1-16-24(17(2)34-30-16)20-12-23-25(29-13-20)22(19-4-6-21(7-5-19)27(32)33)15-31(23)14-18-8-10-26(3,28)11-9-18;1-16-24(17(2)33-31-16)20-10-23-25(30-13-20)22(19-4-5-21(11-28)29-12-19)15-32(23)14-18-6-8-26(3,27)9-7-18;1-16-24(17(2)34-29-16)20-12-23-25(28-13-20)22(19-4-6-21(7-5-19)31(32)33)15-30(23)14-18-8-10-26(3,27)11-9-18/h8-11,13-14,16,21H,4-7,12,15H2,1-3H3;4-7,12-13,15,18,32-33H,8-11,14H2,1-3H3;4-5,10,12-13,15,18H,6-9,14H2,1-3H3;4-7,12-13,15,18H,8-11,14H2,1-3H3. The van der Waals surface area contributed by atoms with Crippen molar-refractivity contribution in [3.63, 3.8) is 0 Å². The number of nitro benzene ring substituents is 1. The molecule has 0 spiro atoms. The summed E-state index contributed by atoms with van der Waals surface area (Å²) in [5.74, 6) is 5.18. The molecule has 0 saturated heterocycles. The van der Waals surface area contributed by atoms with Gasteiger partial charge in [-0.25, -0.2) is 18.2 Å². The summed E-state index contributed by atoms with van der Waals surface area (Å²) >= 11 is 0. The molecule has 4 aliphatic rings. The fourth-order valence-corrected chi connectivity index (χ4v) is 20.2. The van der Waals surface area contributed by atoms with E-state index < -0.39 is 29.0 Å². The number of benzene rings is 3. The number of nitrogens with zero attached hydrogens (tertiary/aromatic N) is 15. The zero-order valence-electron chi connectivity index (χ0n) is 77.4. The van der Waals surface area contributed by atoms with Crippen LogP contribution >= 0.6 is 0 Å². The number of non-ortho nitro benzene ring substituents is 1. The van der Waals surface area contributed by atoms with Crippen LogP contribution < -0.4 is 5.46 Å². The van der Waals surface area contributed by atoms with E-state index in [2.05, 4.69) is 123 Å². The van der Waals surface area contributed by atoms with Gasteiger partial charge in [0.1, 0.15) is 57.6 Å². The van der Waals surface area contributed by atoms with Crippen molar-refractivity contribution in [2.45, 2.75) is 235 Å². The lowest BCUT2D eigenvalue weighted by molar-refractivity contribution is -0.384.